The Morgan fingerprint density at radius 3 is 1.84 bits per heavy atom. The van der Waals surface area contributed by atoms with Crippen molar-refractivity contribution in [2.75, 3.05) is 67.2 Å². The van der Waals surface area contributed by atoms with Crippen molar-refractivity contribution in [1.82, 2.24) is 0 Å². The van der Waals surface area contributed by atoms with E-state index in [1.807, 2.05) is 0 Å². The second-order valence-corrected chi connectivity index (χ2v) is 10.9. The number of hydrogen-bond donors (Lipinski definition) is 1. The molecule has 0 heterocycles. The first-order chi connectivity index (χ1) is 14.1. The van der Waals surface area contributed by atoms with E-state index in [1.54, 1.807) is 21.1 Å². The van der Waals surface area contributed by atoms with E-state index in [1.165, 1.54) is 6.08 Å². The summed E-state index contributed by atoms with van der Waals surface area (Å²) in [4.78, 5) is 20.7. The van der Waals surface area contributed by atoms with Crippen LogP contribution >= 0.6 is 0 Å². The van der Waals surface area contributed by atoms with Gasteiger partial charge in [-0.15, -0.1) is 0 Å². The molecule has 0 amide bonds. The molecule has 0 radical (unpaired) electrons. The van der Waals surface area contributed by atoms with Crippen LogP contribution in [-0.4, -0.2) is 101 Å². The topological polar surface area (TPSA) is 121 Å². The van der Waals surface area contributed by atoms with Gasteiger partial charge in [-0.3, -0.25) is 4.55 Å². The van der Waals surface area contributed by atoms with E-state index in [4.69, 9.17) is 9.29 Å². The first kappa shape index (κ1) is 31.7. The highest BCUT2D eigenvalue weighted by Gasteiger charge is 2.16. The summed E-state index contributed by atoms with van der Waals surface area (Å²) in [5.41, 5.74) is 0. The fourth-order valence-electron chi connectivity index (χ4n) is 2.75. The summed E-state index contributed by atoms with van der Waals surface area (Å²) in [6.45, 7) is 5.62. The molecule has 0 aromatic heterocycles. The number of hydrogen-bond acceptors (Lipinski definition) is 6. The predicted molar refractivity (Wildman–Crippen MR) is 120 cm³/mol. The summed E-state index contributed by atoms with van der Waals surface area (Å²) in [6.07, 6.45) is 8.12. The largest absolute Gasteiger partial charge is 0.544 e. The van der Waals surface area contributed by atoms with Gasteiger partial charge in [0.05, 0.1) is 66.7 Å². The van der Waals surface area contributed by atoms with Crippen LogP contribution in [0.15, 0.2) is 12.7 Å². The quantitative estimate of drug-likeness (QED) is 0.117. The van der Waals surface area contributed by atoms with Crippen LogP contribution in [0.4, 0.5) is 0 Å². The average Bonchev–Trinajstić information content (AvgIpc) is 2.56. The number of unbranched alkanes of at least 4 members (excludes halogenated alkanes) is 5. The smallest absolute Gasteiger partial charge is 0.330 e. The average molecular weight is 468 g/mol. The van der Waals surface area contributed by atoms with Gasteiger partial charge in [0.1, 0.15) is 6.54 Å². The minimum Gasteiger partial charge on any atom is -0.544 e. The van der Waals surface area contributed by atoms with Crippen molar-refractivity contribution >= 4 is 22.1 Å². The van der Waals surface area contributed by atoms with Gasteiger partial charge in [-0.1, -0.05) is 25.8 Å². The van der Waals surface area contributed by atoms with Crippen molar-refractivity contribution in [2.45, 2.75) is 44.9 Å². The Balaban J connectivity index is 0. The SMILES string of the molecule is C=CC(=O)OCCCCCCCC[N+](C)(C)CCCS(=O)(=O)O.C[N+](C)(C)CC(=O)[O-]. The summed E-state index contributed by atoms with van der Waals surface area (Å²) in [7, 11) is 5.73. The second kappa shape index (κ2) is 16.2. The molecule has 0 aromatic carbocycles. The number of esters is 1. The zero-order chi connectivity index (χ0) is 24.6. The number of carbonyl (C=O) groups is 2. The molecule has 0 aliphatic heterocycles. The molecule has 0 spiro atoms. The second-order valence-electron chi connectivity index (χ2n) is 9.34. The maximum absolute atomic E-state index is 10.8. The van der Waals surface area contributed by atoms with Gasteiger partial charge in [-0.05, 0) is 19.3 Å². The molecular formula is C21H43N2O7S+. The maximum Gasteiger partial charge on any atom is 0.330 e. The van der Waals surface area contributed by atoms with Crippen molar-refractivity contribution < 1.29 is 41.4 Å². The Labute approximate surface area is 188 Å². The summed E-state index contributed by atoms with van der Waals surface area (Å²) in [6, 6.07) is 0. The lowest BCUT2D eigenvalue weighted by Gasteiger charge is -2.29. The van der Waals surface area contributed by atoms with E-state index in [9.17, 15) is 23.1 Å². The number of carboxylic acids is 1. The highest BCUT2D eigenvalue weighted by Crippen LogP contribution is 2.09. The third kappa shape index (κ3) is 28.5. The summed E-state index contributed by atoms with van der Waals surface area (Å²) < 4.78 is 36.2. The van der Waals surface area contributed by atoms with Crippen molar-refractivity contribution in [3.8, 4) is 0 Å². The monoisotopic (exact) mass is 467 g/mol. The number of carboxylic acid groups (broad SMARTS) is 1. The Morgan fingerprint density at radius 2 is 1.42 bits per heavy atom. The number of aliphatic carboxylic acids is 1. The fraction of sp³-hybridized carbons (Fsp3) is 0.810. The van der Waals surface area contributed by atoms with E-state index in [0.717, 1.165) is 56.1 Å². The van der Waals surface area contributed by atoms with Crippen molar-refractivity contribution in [3.05, 3.63) is 12.7 Å². The number of carbonyl (C=O) groups excluding carboxylic acids is 2. The highest BCUT2D eigenvalue weighted by molar-refractivity contribution is 7.85. The third-order valence-corrected chi connectivity index (χ3v) is 5.14. The van der Waals surface area contributed by atoms with Gasteiger partial charge in [-0.2, -0.15) is 8.42 Å². The fourth-order valence-corrected chi connectivity index (χ4v) is 3.25. The minimum atomic E-state index is -3.84. The zero-order valence-corrected chi connectivity index (χ0v) is 20.8. The maximum atomic E-state index is 10.8. The van der Waals surface area contributed by atoms with E-state index in [-0.39, 0.29) is 18.3 Å². The van der Waals surface area contributed by atoms with E-state index >= 15 is 0 Å². The van der Waals surface area contributed by atoms with Crippen LogP contribution < -0.4 is 5.11 Å². The first-order valence-electron chi connectivity index (χ1n) is 10.6. The van der Waals surface area contributed by atoms with Crippen LogP contribution in [0, 0.1) is 0 Å². The molecule has 0 saturated carbocycles. The van der Waals surface area contributed by atoms with E-state index in [2.05, 4.69) is 20.7 Å². The number of likely N-dealkylation sites (N-methyl/N-ethyl adjacent to an activating group) is 1. The molecule has 0 fully saturated rings. The first-order valence-corrected chi connectivity index (χ1v) is 12.3. The predicted octanol–water partition coefficient (Wildman–Crippen LogP) is 0.853. The van der Waals surface area contributed by atoms with Crippen LogP contribution in [0.5, 0.6) is 0 Å². The lowest BCUT2D eigenvalue weighted by molar-refractivity contribution is -0.890. The summed E-state index contributed by atoms with van der Waals surface area (Å²) in [5, 5.41) is 9.89. The summed E-state index contributed by atoms with van der Waals surface area (Å²) >= 11 is 0. The Kier molecular flexibility index (Phi) is 16.5. The Morgan fingerprint density at radius 1 is 0.935 bits per heavy atom. The van der Waals surface area contributed by atoms with Gasteiger partial charge in [0.2, 0.25) is 0 Å². The number of quaternary nitrogens is 2. The molecule has 0 aliphatic rings. The molecule has 0 saturated heterocycles. The van der Waals surface area contributed by atoms with Crippen LogP contribution in [-0.2, 0) is 24.4 Å². The highest BCUT2D eigenvalue weighted by atomic mass is 32.2. The molecule has 0 atom stereocenters. The number of nitrogens with zero attached hydrogens (tertiary/aromatic N) is 2. The Bertz CT molecular complexity index is 626. The normalized spacial score (nSPS) is 11.9. The van der Waals surface area contributed by atoms with Gasteiger partial charge >= 0.3 is 5.97 Å². The molecule has 1 N–H and O–H groups in total. The molecule has 31 heavy (non-hydrogen) atoms. The number of ether oxygens (including phenoxy) is 1. The molecule has 0 unspecified atom stereocenters. The lowest BCUT2D eigenvalue weighted by atomic mass is 10.1. The summed E-state index contributed by atoms with van der Waals surface area (Å²) in [5.74, 6) is -1.53. The van der Waals surface area contributed by atoms with Crippen LogP contribution in [0.25, 0.3) is 0 Å². The zero-order valence-electron chi connectivity index (χ0n) is 20.0. The van der Waals surface area contributed by atoms with Crippen molar-refractivity contribution in [1.29, 1.82) is 0 Å². The van der Waals surface area contributed by atoms with E-state index < -0.39 is 16.1 Å². The van der Waals surface area contributed by atoms with Crippen LogP contribution in [0.1, 0.15) is 44.9 Å². The molecule has 0 aromatic rings. The standard InChI is InChI=1S/C16H31NO5S.C5H11NO2/c1-4-16(18)22-14-10-8-6-5-7-9-12-17(2,3)13-11-15-23(19,20)21;1-6(2,3)4-5(7)8/h4H,1,5-15H2,2-3H3;4H2,1-3H3/p+1. The molecule has 184 valence electrons. The van der Waals surface area contributed by atoms with Crippen molar-refractivity contribution in [2.24, 2.45) is 0 Å². The molecule has 0 bridgehead atoms. The molecule has 10 heteroatoms. The van der Waals surface area contributed by atoms with Gasteiger partial charge in [0.15, 0.2) is 0 Å². The van der Waals surface area contributed by atoms with E-state index in [0.29, 0.717) is 17.5 Å². The molecule has 9 nitrogen and oxygen atoms in total. The van der Waals surface area contributed by atoms with Crippen molar-refractivity contribution in [3.63, 3.8) is 0 Å². The van der Waals surface area contributed by atoms with Gasteiger partial charge in [0.25, 0.3) is 10.1 Å². The van der Waals surface area contributed by atoms with Gasteiger partial charge < -0.3 is 23.6 Å². The van der Waals surface area contributed by atoms with Gasteiger partial charge in [-0.25, -0.2) is 4.79 Å². The third-order valence-electron chi connectivity index (χ3n) is 4.34. The van der Waals surface area contributed by atoms with Crippen LogP contribution in [0.3, 0.4) is 0 Å². The molecule has 0 rings (SSSR count). The molecular weight excluding hydrogens is 424 g/mol. The Hall–Kier alpha value is -1.49. The van der Waals surface area contributed by atoms with Crippen LogP contribution in [0.2, 0.25) is 0 Å². The number of rotatable bonds is 16. The minimum absolute atomic E-state index is 0.0694. The lowest BCUT2D eigenvalue weighted by Crippen LogP contribution is -2.45. The molecule has 0 aliphatic carbocycles. The van der Waals surface area contributed by atoms with Gasteiger partial charge in [0, 0.05) is 12.5 Å².